The molecule has 2 aromatic carbocycles. The molecule has 1 heterocycles. The molecule has 0 fully saturated rings. The Bertz CT molecular complexity index is 1040. The Kier molecular flexibility index (Phi) is 7.98. The second-order valence-electron chi connectivity index (χ2n) is 6.52. The second kappa shape index (κ2) is 11.1. The number of halogens is 1. The molecule has 1 amide bonds. The van der Waals surface area contributed by atoms with Crippen molar-refractivity contribution in [3.8, 4) is 11.6 Å². The monoisotopic (exact) mass is 439 g/mol. The molecule has 0 saturated carbocycles. The Morgan fingerprint density at radius 3 is 2.45 bits per heavy atom. The highest BCUT2D eigenvalue weighted by Gasteiger charge is 2.15. The van der Waals surface area contributed by atoms with Crippen LogP contribution in [0.2, 0.25) is 0 Å². The summed E-state index contributed by atoms with van der Waals surface area (Å²) in [6.07, 6.45) is 1.53. The maximum Gasteiger partial charge on any atom is 0.338 e. The molecule has 0 aliphatic carbocycles. The van der Waals surface area contributed by atoms with Gasteiger partial charge in [-0.15, -0.1) is 0 Å². The van der Waals surface area contributed by atoms with Gasteiger partial charge in [0.25, 0.3) is 5.91 Å². The molecule has 0 aliphatic heterocycles. The first-order chi connectivity index (χ1) is 15.1. The zero-order valence-electron chi connectivity index (χ0n) is 16.9. The highest BCUT2D eigenvalue weighted by atomic mass is 35.5. The van der Waals surface area contributed by atoms with Gasteiger partial charge in [0.05, 0.1) is 12.2 Å². The molecule has 0 atom stereocenters. The zero-order valence-corrected chi connectivity index (χ0v) is 17.7. The Balaban J connectivity index is 1.69. The minimum absolute atomic E-state index is 0.143. The molecule has 3 rings (SSSR count). The summed E-state index contributed by atoms with van der Waals surface area (Å²) in [4.78, 5) is 31.4. The number of nitrogens with zero attached hydrogens (tertiary/aromatic N) is 1. The highest BCUT2D eigenvalue weighted by Crippen LogP contribution is 2.24. The number of ether oxygens (including phenoxy) is 2. The first-order valence-electron chi connectivity index (χ1n) is 9.70. The molecule has 1 aromatic heterocycles. The van der Waals surface area contributed by atoms with Gasteiger partial charge in [-0.2, -0.15) is 0 Å². The lowest BCUT2D eigenvalue weighted by Gasteiger charge is -2.11. The second-order valence-corrected chi connectivity index (χ2v) is 6.78. The van der Waals surface area contributed by atoms with Gasteiger partial charge < -0.3 is 14.8 Å². The van der Waals surface area contributed by atoms with Crippen LogP contribution >= 0.6 is 11.8 Å². The smallest absolute Gasteiger partial charge is 0.338 e. The van der Waals surface area contributed by atoms with Gasteiger partial charge in [-0.25, -0.2) is 14.6 Å². The van der Waals surface area contributed by atoms with Gasteiger partial charge in [0, 0.05) is 19.3 Å². The maximum atomic E-state index is 12.7. The largest absolute Gasteiger partial charge is 0.462 e. The molecule has 0 radical (unpaired) electrons. The van der Waals surface area contributed by atoms with E-state index in [0.717, 1.165) is 11.1 Å². The molecular formula is C23H22ClN3O4. The van der Waals surface area contributed by atoms with Crippen LogP contribution in [-0.4, -0.2) is 23.5 Å². The van der Waals surface area contributed by atoms with E-state index in [2.05, 4.69) is 15.1 Å². The molecule has 31 heavy (non-hydrogen) atoms. The van der Waals surface area contributed by atoms with E-state index >= 15 is 0 Å². The molecule has 0 spiro atoms. The number of carbonyl (C=O) groups is 2. The average Bonchev–Trinajstić information content (AvgIpc) is 2.79. The first kappa shape index (κ1) is 22.3. The Morgan fingerprint density at radius 1 is 1.00 bits per heavy atom. The number of hydrogen-bond acceptors (Lipinski definition) is 6. The Labute approximate surface area is 185 Å². The predicted molar refractivity (Wildman–Crippen MR) is 117 cm³/mol. The van der Waals surface area contributed by atoms with Crippen molar-refractivity contribution in [3.05, 3.63) is 89.1 Å². The van der Waals surface area contributed by atoms with Crippen LogP contribution in [0.1, 0.15) is 38.8 Å². The minimum Gasteiger partial charge on any atom is -0.462 e. The molecule has 0 saturated heterocycles. The first-order valence-corrected chi connectivity index (χ1v) is 10.1. The van der Waals surface area contributed by atoms with Crippen molar-refractivity contribution < 1.29 is 19.1 Å². The summed E-state index contributed by atoms with van der Waals surface area (Å²) in [5.74, 6) is -0.248. The lowest BCUT2D eigenvalue weighted by molar-refractivity contribution is 0.0525. The van der Waals surface area contributed by atoms with Crippen LogP contribution in [0.5, 0.6) is 11.6 Å². The van der Waals surface area contributed by atoms with Crippen molar-refractivity contribution >= 4 is 23.7 Å². The van der Waals surface area contributed by atoms with Crippen LogP contribution in [0.4, 0.5) is 0 Å². The number of esters is 1. The summed E-state index contributed by atoms with van der Waals surface area (Å²) >= 11 is 5.51. The van der Waals surface area contributed by atoms with Crippen molar-refractivity contribution in [3.63, 3.8) is 0 Å². The minimum atomic E-state index is -0.445. The molecular weight excluding hydrogens is 418 g/mol. The topological polar surface area (TPSA) is 89.6 Å². The lowest BCUT2D eigenvalue weighted by Crippen LogP contribution is -2.23. The van der Waals surface area contributed by atoms with Gasteiger partial charge in [-0.05, 0) is 60.2 Å². The summed E-state index contributed by atoms with van der Waals surface area (Å²) in [5, 5.41) is 2.86. The molecule has 0 bridgehead atoms. The van der Waals surface area contributed by atoms with E-state index in [9.17, 15) is 9.59 Å². The van der Waals surface area contributed by atoms with E-state index < -0.39 is 5.97 Å². The van der Waals surface area contributed by atoms with Crippen LogP contribution in [-0.2, 0) is 17.8 Å². The number of amides is 1. The summed E-state index contributed by atoms with van der Waals surface area (Å²) in [5.41, 5.74) is 2.62. The van der Waals surface area contributed by atoms with Crippen molar-refractivity contribution in [2.24, 2.45) is 0 Å². The van der Waals surface area contributed by atoms with Crippen LogP contribution < -0.4 is 14.9 Å². The average molecular weight is 440 g/mol. The van der Waals surface area contributed by atoms with Crippen molar-refractivity contribution in [1.29, 1.82) is 0 Å². The van der Waals surface area contributed by atoms with E-state index in [0.29, 0.717) is 24.4 Å². The third kappa shape index (κ3) is 6.28. The van der Waals surface area contributed by atoms with E-state index in [1.165, 1.54) is 6.20 Å². The van der Waals surface area contributed by atoms with Crippen LogP contribution in [0.15, 0.2) is 66.9 Å². The fraction of sp³-hybridized carbons (Fsp3) is 0.174. The zero-order chi connectivity index (χ0) is 22.1. The van der Waals surface area contributed by atoms with E-state index in [-0.39, 0.29) is 24.0 Å². The molecule has 0 unspecified atom stereocenters. The molecule has 2 N–H and O–H groups in total. The van der Waals surface area contributed by atoms with Gasteiger partial charge in [0.15, 0.2) is 0 Å². The van der Waals surface area contributed by atoms with Crippen LogP contribution in [0.3, 0.4) is 0 Å². The number of hydrogen-bond donors (Lipinski definition) is 2. The number of nitrogens with one attached hydrogen (secondary N) is 2. The number of carbonyl (C=O) groups excluding carboxylic acids is 2. The van der Waals surface area contributed by atoms with E-state index in [4.69, 9.17) is 21.3 Å². The third-order valence-electron chi connectivity index (χ3n) is 4.32. The molecule has 7 nitrogen and oxygen atoms in total. The lowest BCUT2D eigenvalue weighted by atomic mass is 10.1. The summed E-state index contributed by atoms with van der Waals surface area (Å²) in [7, 11) is 0. The maximum absolute atomic E-state index is 12.7. The van der Waals surface area contributed by atoms with Gasteiger partial charge in [0.2, 0.25) is 5.88 Å². The molecule has 8 heteroatoms. The third-order valence-corrected chi connectivity index (χ3v) is 4.46. The molecule has 3 aromatic rings. The summed E-state index contributed by atoms with van der Waals surface area (Å²) < 4.78 is 10.8. The van der Waals surface area contributed by atoms with Gasteiger partial charge >= 0.3 is 5.97 Å². The highest BCUT2D eigenvalue weighted by molar-refractivity contribution is 6.13. The summed E-state index contributed by atoms with van der Waals surface area (Å²) in [6.45, 7) is 2.92. The van der Waals surface area contributed by atoms with Gasteiger partial charge in [0.1, 0.15) is 11.3 Å². The summed E-state index contributed by atoms with van der Waals surface area (Å²) in [6, 6.07) is 17.5. The van der Waals surface area contributed by atoms with Crippen LogP contribution in [0, 0.1) is 0 Å². The predicted octanol–water partition coefficient (Wildman–Crippen LogP) is 4.22. The Hall–Kier alpha value is -3.42. The van der Waals surface area contributed by atoms with Crippen molar-refractivity contribution in [1.82, 2.24) is 15.1 Å². The molecule has 160 valence electrons. The number of pyridine rings is 1. The van der Waals surface area contributed by atoms with Gasteiger partial charge in [-0.3, -0.25) is 4.79 Å². The Morgan fingerprint density at radius 2 is 1.74 bits per heavy atom. The fourth-order valence-electron chi connectivity index (χ4n) is 2.79. The van der Waals surface area contributed by atoms with Crippen molar-refractivity contribution in [2.75, 3.05) is 6.61 Å². The normalized spacial score (nSPS) is 10.4. The van der Waals surface area contributed by atoms with E-state index in [1.54, 1.807) is 43.3 Å². The fourth-order valence-corrected chi connectivity index (χ4v) is 2.94. The van der Waals surface area contributed by atoms with Crippen LogP contribution in [0.25, 0.3) is 0 Å². The number of benzene rings is 2. The number of rotatable bonds is 9. The number of aromatic nitrogens is 1. The molecule has 0 aliphatic rings. The van der Waals surface area contributed by atoms with E-state index in [1.807, 2.05) is 24.3 Å². The van der Waals surface area contributed by atoms with Crippen molar-refractivity contribution in [2.45, 2.75) is 20.0 Å². The van der Waals surface area contributed by atoms with Gasteiger partial charge in [-0.1, -0.05) is 30.3 Å². The quantitative estimate of drug-likeness (QED) is 0.383. The SMILES string of the molecule is CCOC(=O)c1cccc(Oc2ncccc2C(=O)NCc2ccc(CNCl)cc2)c1. The standard InChI is InChI=1S/C23H22ClN3O4/c1-2-30-23(29)18-5-3-6-19(13-18)31-22-20(7-4-12-25-22)21(28)26-14-16-8-10-17(11-9-16)15-27-24/h3-13,27H,2,14-15H2,1H3,(H,26,28).